The van der Waals surface area contributed by atoms with E-state index in [4.69, 9.17) is 14.0 Å². The summed E-state index contributed by atoms with van der Waals surface area (Å²) in [5.74, 6) is 1.73. The molecule has 37 heavy (non-hydrogen) atoms. The quantitative estimate of drug-likeness (QED) is 0.330. The summed E-state index contributed by atoms with van der Waals surface area (Å²) < 4.78 is 33.3. The second-order valence-electron chi connectivity index (χ2n) is 8.44. The number of fused-ring (bicyclic) bond motifs is 3. The molecule has 0 aromatic heterocycles. The predicted molar refractivity (Wildman–Crippen MR) is 155 cm³/mol. The van der Waals surface area contributed by atoms with Crippen LogP contribution in [0.1, 0.15) is 31.4 Å². The van der Waals surface area contributed by atoms with E-state index in [1.807, 2.05) is 112 Å². The van der Waals surface area contributed by atoms with Crippen LogP contribution in [0.5, 0.6) is 17.2 Å². The summed E-state index contributed by atoms with van der Waals surface area (Å²) in [6, 6.07) is 23.5. The lowest BCUT2D eigenvalue weighted by Crippen LogP contribution is -2.19. The first-order valence-corrected chi connectivity index (χ1v) is 14.1. The first kappa shape index (κ1) is 26.3. The van der Waals surface area contributed by atoms with Crippen LogP contribution in [-0.4, -0.2) is 14.2 Å². The Balaban J connectivity index is 0.00000156. The molecule has 0 radical (unpaired) electrons. The van der Waals surface area contributed by atoms with Crippen molar-refractivity contribution in [1.29, 1.82) is 0 Å². The molecule has 1 unspecified atom stereocenters. The van der Waals surface area contributed by atoms with Gasteiger partial charge >= 0.3 is 7.37 Å². The predicted octanol–water partition coefficient (Wildman–Crippen LogP) is 8.54. The molecule has 0 saturated carbocycles. The monoisotopic (exact) mass is 512 g/mol. The van der Waals surface area contributed by atoms with E-state index in [-0.39, 0.29) is 0 Å². The van der Waals surface area contributed by atoms with Gasteiger partial charge in [0.25, 0.3) is 0 Å². The molecule has 1 aliphatic heterocycles. The van der Waals surface area contributed by atoms with Gasteiger partial charge < -0.3 is 14.0 Å². The van der Waals surface area contributed by atoms with Gasteiger partial charge in [0.15, 0.2) is 0 Å². The van der Waals surface area contributed by atoms with Gasteiger partial charge in [0.1, 0.15) is 17.2 Å². The fourth-order valence-electron chi connectivity index (χ4n) is 4.64. The molecular formula is C32H33O4P. The number of hydrogen-bond donors (Lipinski definition) is 0. The topological polar surface area (TPSA) is 44.8 Å². The smallest absolute Gasteiger partial charge is 0.307 e. The molecule has 0 bridgehead atoms. The Morgan fingerprint density at radius 2 is 1.57 bits per heavy atom. The molecule has 1 atom stereocenters. The Morgan fingerprint density at radius 1 is 0.838 bits per heavy atom. The minimum absolute atomic E-state index is 0.494. The number of rotatable bonds is 3. The lowest BCUT2D eigenvalue weighted by molar-refractivity contribution is 0.411. The average molecular weight is 513 g/mol. The Labute approximate surface area is 219 Å². The molecule has 0 spiro atoms. The van der Waals surface area contributed by atoms with Gasteiger partial charge in [0, 0.05) is 21.7 Å². The maximum Gasteiger partial charge on any atom is 0.307 e. The minimum Gasteiger partial charge on any atom is -0.496 e. The van der Waals surface area contributed by atoms with Crippen LogP contribution in [0.2, 0.25) is 0 Å². The number of ether oxygens (including phenoxy) is 2. The van der Waals surface area contributed by atoms with Crippen LogP contribution >= 0.6 is 7.37 Å². The molecule has 3 aromatic rings. The molecule has 5 heteroatoms. The third-order valence-corrected chi connectivity index (χ3v) is 8.82. The van der Waals surface area contributed by atoms with Crippen molar-refractivity contribution in [3.05, 3.63) is 114 Å². The lowest BCUT2D eigenvalue weighted by Gasteiger charge is -2.31. The van der Waals surface area contributed by atoms with Crippen LogP contribution in [0.3, 0.4) is 0 Å². The largest absolute Gasteiger partial charge is 0.496 e. The van der Waals surface area contributed by atoms with E-state index in [9.17, 15) is 0 Å². The maximum atomic E-state index is 15.0. The summed E-state index contributed by atoms with van der Waals surface area (Å²) in [4.78, 5) is 0. The Kier molecular flexibility index (Phi) is 8.21. The Morgan fingerprint density at radius 3 is 2.32 bits per heavy atom. The van der Waals surface area contributed by atoms with Crippen LogP contribution in [0, 0.1) is 6.92 Å². The second kappa shape index (κ2) is 11.5. The van der Waals surface area contributed by atoms with Crippen molar-refractivity contribution in [1.82, 2.24) is 0 Å². The van der Waals surface area contributed by atoms with Gasteiger partial charge in [-0.1, -0.05) is 98.3 Å². The molecule has 1 heterocycles. The number of aryl methyl sites for hydroxylation is 1. The molecule has 3 aromatic carbocycles. The standard InChI is InChI=1S/C30H27O4P.C2H6/c1-21-13-7-4-5-8-16-24-25(19-21)27(32-2)20-29(30(24)33-3)35(31)28-18-10-6-9-15-23(28)22-14-11-12-17-26(22)34-35;1-2/h4-17,19-20H,18H2,1-3H3;1-2H3. The molecule has 2 aliphatic rings. The number of benzene rings is 2. The number of para-hydroxylation sites is 1. The van der Waals surface area contributed by atoms with Crippen molar-refractivity contribution in [2.24, 2.45) is 0 Å². The van der Waals surface area contributed by atoms with Gasteiger partial charge in [-0.3, -0.25) is 4.57 Å². The third-order valence-electron chi connectivity index (χ3n) is 6.26. The van der Waals surface area contributed by atoms with Gasteiger partial charge in [-0.05, 0) is 37.1 Å². The summed E-state index contributed by atoms with van der Waals surface area (Å²) in [6.45, 7) is 6.03. The van der Waals surface area contributed by atoms with Gasteiger partial charge in [-0.15, -0.1) is 0 Å². The van der Waals surface area contributed by atoms with Crippen molar-refractivity contribution in [2.45, 2.75) is 27.2 Å². The highest BCUT2D eigenvalue weighted by molar-refractivity contribution is 7.72. The first-order chi connectivity index (χ1) is 18.1. The Hall–Kier alpha value is -3.75. The molecular weight excluding hydrogens is 479 g/mol. The van der Waals surface area contributed by atoms with Gasteiger partial charge in [0.2, 0.25) is 0 Å². The maximum absolute atomic E-state index is 15.0. The van der Waals surface area contributed by atoms with E-state index in [1.54, 1.807) is 14.2 Å². The number of allylic oxidation sites excluding steroid dienone is 6. The summed E-state index contributed by atoms with van der Waals surface area (Å²) in [5.41, 5.74) is 2.92. The summed E-state index contributed by atoms with van der Waals surface area (Å²) in [7, 11) is -0.337. The molecule has 1 aliphatic carbocycles. The van der Waals surface area contributed by atoms with Crippen LogP contribution in [0.25, 0.3) is 16.3 Å². The van der Waals surface area contributed by atoms with Crippen molar-refractivity contribution in [3.63, 3.8) is 0 Å². The van der Waals surface area contributed by atoms with Gasteiger partial charge in [0.05, 0.1) is 19.5 Å². The summed E-state index contributed by atoms with van der Waals surface area (Å²) in [5, 5.41) is 2.90. The van der Waals surface area contributed by atoms with E-state index in [0.29, 0.717) is 29.0 Å². The van der Waals surface area contributed by atoms with Crippen LogP contribution < -0.4 is 19.3 Å². The summed E-state index contributed by atoms with van der Waals surface area (Å²) in [6.07, 6.45) is 8.50. The normalized spacial score (nSPS) is 17.3. The van der Waals surface area contributed by atoms with E-state index in [2.05, 4.69) is 6.07 Å². The molecule has 0 fully saturated rings. The zero-order valence-corrected chi connectivity index (χ0v) is 22.9. The van der Waals surface area contributed by atoms with Gasteiger partial charge in [-0.2, -0.15) is 0 Å². The molecule has 0 amide bonds. The fourth-order valence-corrected chi connectivity index (χ4v) is 7.20. The van der Waals surface area contributed by atoms with Crippen LogP contribution in [-0.2, 0) is 4.57 Å². The van der Waals surface area contributed by atoms with Crippen molar-refractivity contribution in [3.8, 4) is 17.2 Å². The van der Waals surface area contributed by atoms with Crippen LogP contribution in [0.15, 0.2) is 102 Å². The number of hydrogen-bond acceptors (Lipinski definition) is 4. The lowest BCUT2D eigenvalue weighted by atomic mass is 10.0. The molecule has 4 nitrogen and oxygen atoms in total. The SMILES string of the molecule is CC.COc1cc(P2(=O)Oc3ccccc3C3=C2CC=CC=C3)c(OC)c2ccccccc(C)cc12. The Bertz CT molecular complexity index is 1510. The van der Waals surface area contributed by atoms with Gasteiger partial charge in [-0.25, -0.2) is 0 Å². The minimum atomic E-state index is -3.57. The molecule has 0 N–H and O–H groups in total. The van der Waals surface area contributed by atoms with Crippen molar-refractivity contribution < 1.29 is 18.6 Å². The highest BCUT2D eigenvalue weighted by Crippen LogP contribution is 2.64. The summed E-state index contributed by atoms with van der Waals surface area (Å²) >= 11 is 0. The van der Waals surface area contributed by atoms with E-state index in [1.165, 1.54) is 0 Å². The van der Waals surface area contributed by atoms with Crippen molar-refractivity contribution in [2.75, 3.05) is 14.2 Å². The van der Waals surface area contributed by atoms with E-state index < -0.39 is 7.37 Å². The highest BCUT2D eigenvalue weighted by atomic mass is 31.2. The first-order valence-electron chi connectivity index (χ1n) is 12.5. The zero-order valence-electron chi connectivity index (χ0n) is 22.0. The molecule has 190 valence electrons. The zero-order chi connectivity index (χ0) is 26.4. The molecule has 5 rings (SSSR count). The second-order valence-corrected chi connectivity index (χ2v) is 10.7. The van der Waals surface area contributed by atoms with E-state index in [0.717, 1.165) is 32.8 Å². The fraction of sp³-hybridized carbons (Fsp3) is 0.188. The number of methoxy groups -OCH3 is 2. The van der Waals surface area contributed by atoms with Crippen LogP contribution in [0.4, 0.5) is 0 Å². The average Bonchev–Trinajstić information content (AvgIpc) is 3.19. The van der Waals surface area contributed by atoms with Crippen molar-refractivity contribution >= 4 is 29.0 Å². The highest BCUT2D eigenvalue weighted by Gasteiger charge is 2.42. The third kappa shape index (κ3) is 4.95. The molecule has 0 saturated heterocycles. The van der Waals surface area contributed by atoms with E-state index >= 15 is 4.57 Å².